The Labute approximate surface area is 131 Å². The maximum Gasteiger partial charge on any atom is 0.254 e. The standard InChI is InChI=1S/C15H23ClN4O/c1-4-11(2)19-5-7-20(8-6-19)15(21)12-9-13(16)18-14(10-12)17-3/h9-11H,4-8H2,1-3H3,(H,17,18). The van der Waals surface area contributed by atoms with Crippen LogP contribution in [0.1, 0.15) is 30.6 Å². The Morgan fingerprint density at radius 1 is 1.38 bits per heavy atom. The van der Waals surface area contributed by atoms with Crippen LogP contribution in [-0.4, -0.2) is 60.0 Å². The summed E-state index contributed by atoms with van der Waals surface area (Å²) in [6.45, 7) is 7.81. The van der Waals surface area contributed by atoms with Gasteiger partial charge in [0.2, 0.25) is 0 Å². The van der Waals surface area contributed by atoms with Gasteiger partial charge in [-0.15, -0.1) is 0 Å². The average Bonchev–Trinajstić information content (AvgIpc) is 2.52. The normalized spacial score (nSPS) is 17.6. The number of rotatable bonds is 4. The molecule has 1 N–H and O–H groups in total. The summed E-state index contributed by atoms with van der Waals surface area (Å²) in [6.07, 6.45) is 1.14. The van der Waals surface area contributed by atoms with E-state index in [0.29, 0.717) is 22.6 Å². The second-order valence-corrected chi connectivity index (χ2v) is 5.79. The summed E-state index contributed by atoms with van der Waals surface area (Å²) in [7, 11) is 1.76. The van der Waals surface area contributed by atoms with Crippen molar-refractivity contribution in [3.63, 3.8) is 0 Å². The van der Waals surface area contributed by atoms with Gasteiger partial charge in [-0.1, -0.05) is 18.5 Å². The molecule has 0 aromatic carbocycles. The summed E-state index contributed by atoms with van der Waals surface area (Å²) < 4.78 is 0. The van der Waals surface area contributed by atoms with E-state index in [1.54, 1.807) is 19.2 Å². The molecule has 0 saturated carbocycles. The van der Waals surface area contributed by atoms with Gasteiger partial charge in [-0.2, -0.15) is 0 Å². The molecule has 1 aliphatic heterocycles. The number of aromatic nitrogens is 1. The smallest absolute Gasteiger partial charge is 0.254 e. The first kappa shape index (κ1) is 16.0. The SMILES string of the molecule is CCC(C)N1CCN(C(=O)c2cc(Cl)nc(NC)c2)CC1. The van der Waals surface area contributed by atoms with Crippen LogP contribution in [0.3, 0.4) is 0 Å². The van der Waals surface area contributed by atoms with Crippen molar-refractivity contribution in [1.82, 2.24) is 14.8 Å². The summed E-state index contributed by atoms with van der Waals surface area (Å²) >= 11 is 5.97. The Morgan fingerprint density at radius 2 is 2.05 bits per heavy atom. The van der Waals surface area contributed by atoms with Crippen LogP contribution in [0.2, 0.25) is 5.15 Å². The summed E-state index contributed by atoms with van der Waals surface area (Å²) in [5.41, 5.74) is 0.594. The minimum atomic E-state index is 0.0274. The van der Waals surface area contributed by atoms with Crippen molar-refractivity contribution in [2.75, 3.05) is 38.5 Å². The van der Waals surface area contributed by atoms with E-state index in [9.17, 15) is 4.79 Å². The van der Waals surface area contributed by atoms with E-state index in [2.05, 4.69) is 29.0 Å². The number of carbonyl (C=O) groups is 1. The molecular formula is C15H23ClN4O. The zero-order valence-corrected chi connectivity index (χ0v) is 13.7. The molecule has 6 heteroatoms. The molecule has 1 aliphatic rings. The van der Waals surface area contributed by atoms with Crippen LogP contribution in [0.15, 0.2) is 12.1 Å². The highest BCUT2D eigenvalue weighted by molar-refractivity contribution is 6.29. The molecule has 0 spiro atoms. The van der Waals surface area contributed by atoms with Crippen molar-refractivity contribution >= 4 is 23.3 Å². The number of hydrogen-bond acceptors (Lipinski definition) is 4. The first-order valence-corrected chi connectivity index (χ1v) is 7.81. The monoisotopic (exact) mass is 310 g/mol. The molecule has 21 heavy (non-hydrogen) atoms. The van der Waals surface area contributed by atoms with Crippen molar-refractivity contribution < 1.29 is 4.79 Å². The van der Waals surface area contributed by atoms with Gasteiger partial charge < -0.3 is 10.2 Å². The number of carbonyl (C=O) groups excluding carboxylic acids is 1. The third-order valence-electron chi connectivity index (χ3n) is 4.11. The van der Waals surface area contributed by atoms with Crippen LogP contribution in [-0.2, 0) is 0 Å². The van der Waals surface area contributed by atoms with E-state index in [4.69, 9.17) is 11.6 Å². The highest BCUT2D eigenvalue weighted by Crippen LogP contribution is 2.17. The van der Waals surface area contributed by atoms with Gasteiger partial charge in [0.25, 0.3) is 5.91 Å². The maximum absolute atomic E-state index is 12.6. The second-order valence-electron chi connectivity index (χ2n) is 5.40. The van der Waals surface area contributed by atoms with Crippen LogP contribution in [0.25, 0.3) is 0 Å². The van der Waals surface area contributed by atoms with Crippen molar-refractivity contribution in [2.24, 2.45) is 0 Å². The van der Waals surface area contributed by atoms with Crippen molar-refractivity contribution in [3.8, 4) is 0 Å². The van der Waals surface area contributed by atoms with Gasteiger partial charge in [0, 0.05) is 44.8 Å². The second kappa shape index (κ2) is 7.09. The van der Waals surface area contributed by atoms with Crippen molar-refractivity contribution in [1.29, 1.82) is 0 Å². The van der Waals surface area contributed by atoms with Gasteiger partial charge in [-0.3, -0.25) is 9.69 Å². The molecule has 0 radical (unpaired) electrons. The molecule has 2 heterocycles. The highest BCUT2D eigenvalue weighted by Gasteiger charge is 2.24. The van der Waals surface area contributed by atoms with Gasteiger partial charge in [0.05, 0.1) is 0 Å². The third kappa shape index (κ3) is 3.86. The Kier molecular flexibility index (Phi) is 5.42. The third-order valence-corrected chi connectivity index (χ3v) is 4.31. The minimum absolute atomic E-state index is 0.0274. The van der Waals surface area contributed by atoms with Crippen LogP contribution >= 0.6 is 11.6 Å². The average molecular weight is 311 g/mol. The van der Waals surface area contributed by atoms with Gasteiger partial charge >= 0.3 is 0 Å². The maximum atomic E-state index is 12.6. The number of nitrogens with one attached hydrogen (secondary N) is 1. The molecule has 2 rings (SSSR count). The Morgan fingerprint density at radius 3 is 2.62 bits per heavy atom. The summed E-state index contributed by atoms with van der Waals surface area (Å²) in [6, 6.07) is 3.95. The van der Waals surface area contributed by atoms with Crippen LogP contribution < -0.4 is 5.32 Å². The van der Waals surface area contributed by atoms with E-state index in [-0.39, 0.29) is 5.91 Å². The lowest BCUT2D eigenvalue weighted by Gasteiger charge is -2.37. The fourth-order valence-corrected chi connectivity index (χ4v) is 2.76. The van der Waals surface area contributed by atoms with E-state index in [1.807, 2.05) is 4.90 Å². The number of anilines is 1. The lowest BCUT2D eigenvalue weighted by atomic mass is 10.1. The van der Waals surface area contributed by atoms with E-state index < -0.39 is 0 Å². The first-order valence-electron chi connectivity index (χ1n) is 7.43. The van der Waals surface area contributed by atoms with E-state index >= 15 is 0 Å². The molecule has 0 bridgehead atoms. The number of amides is 1. The predicted molar refractivity (Wildman–Crippen MR) is 86.0 cm³/mol. The molecule has 1 amide bonds. The van der Waals surface area contributed by atoms with Crippen LogP contribution in [0, 0.1) is 0 Å². The molecular weight excluding hydrogens is 288 g/mol. The van der Waals surface area contributed by atoms with Gasteiger partial charge in [0.1, 0.15) is 11.0 Å². The Hall–Kier alpha value is -1.33. The fourth-order valence-electron chi connectivity index (χ4n) is 2.55. The fraction of sp³-hybridized carbons (Fsp3) is 0.600. The molecule has 1 atom stereocenters. The molecule has 1 aromatic rings. The zero-order chi connectivity index (χ0) is 15.4. The Bertz CT molecular complexity index is 500. The zero-order valence-electron chi connectivity index (χ0n) is 12.9. The van der Waals surface area contributed by atoms with Crippen molar-refractivity contribution in [2.45, 2.75) is 26.3 Å². The molecule has 1 saturated heterocycles. The first-order chi connectivity index (χ1) is 10.0. The predicted octanol–water partition coefficient (Wildman–Crippen LogP) is 2.33. The summed E-state index contributed by atoms with van der Waals surface area (Å²) in [4.78, 5) is 21.0. The van der Waals surface area contributed by atoms with Crippen LogP contribution in [0.4, 0.5) is 5.82 Å². The van der Waals surface area contributed by atoms with E-state index in [1.165, 1.54) is 0 Å². The number of halogens is 1. The molecule has 1 fully saturated rings. The number of pyridine rings is 1. The number of piperazine rings is 1. The number of nitrogens with zero attached hydrogens (tertiary/aromatic N) is 3. The number of hydrogen-bond donors (Lipinski definition) is 1. The molecule has 116 valence electrons. The Balaban J connectivity index is 2.03. The highest BCUT2D eigenvalue weighted by atomic mass is 35.5. The lowest BCUT2D eigenvalue weighted by molar-refractivity contribution is 0.0579. The molecule has 1 unspecified atom stereocenters. The quantitative estimate of drug-likeness (QED) is 0.867. The summed E-state index contributed by atoms with van der Waals surface area (Å²) in [5.74, 6) is 0.642. The molecule has 0 aliphatic carbocycles. The largest absolute Gasteiger partial charge is 0.373 e. The lowest BCUT2D eigenvalue weighted by Crippen LogP contribution is -2.51. The van der Waals surface area contributed by atoms with Gasteiger partial charge in [0.15, 0.2) is 0 Å². The minimum Gasteiger partial charge on any atom is -0.373 e. The van der Waals surface area contributed by atoms with Gasteiger partial charge in [-0.05, 0) is 25.5 Å². The summed E-state index contributed by atoms with van der Waals surface area (Å²) in [5, 5.41) is 3.26. The van der Waals surface area contributed by atoms with E-state index in [0.717, 1.165) is 32.6 Å². The molecule has 5 nitrogen and oxygen atoms in total. The van der Waals surface area contributed by atoms with Crippen LogP contribution in [0.5, 0.6) is 0 Å². The molecule has 1 aromatic heterocycles. The van der Waals surface area contributed by atoms with Crippen molar-refractivity contribution in [3.05, 3.63) is 22.8 Å². The van der Waals surface area contributed by atoms with Gasteiger partial charge in [-0.25, -0.2) is 4.98 Å². The topological polar surface area (TPSA) is 48.5 Å².